The van der Waals surface area contributed by atoms with Crippen LogP contribution in [0.4, 0.5) is 0 Å². The van der Waals surface area contributed by atoms with Crippen molar-refractivity contribution in [1.29, 1.82) is 0 Å². The molecule has 2 atom stereocenters. The molecular formula is C17H18N2O4S. The topological polar surface area (TPSA) is 77.5 Å². The lowest BCUT2D eigenvalue weighted by Crippen LogP contribution is -2.36. The molecule has 7 heteroatoms. The number of hydrogen-bond acceptors (Lipinski definition) is 5. The van der Waals surface area contributed by atoms with E-state index >= 15 is 0 Å². The van der Waals surface area contributed by atoms with E-state index in [1.54, 1.807) is 24.5 Å². The molecule has 2 aliphatic rings. The van der Waals surface area contributed by atoms with E-state index in [4.69, 9.17) is 9.47 Å². The van der Waals surface area contributed by atoms with E-state index in [1.807, 2.05) is 18.2 Å². The molecule has 6 nitrogen and oxygen atoms in total. The van der Waals surface area contributed by atoms with Crippen LogP contribution >= 0.6 is 0 Å². The number of nitrogens with one attached hydrogen (secondary N) is 1. The molecule has 0 spiro atoms. The number of rotatable bonds is 4. The van der Waals surface area contributed by atoms with Gasteiger partial charge in [-0.2, -0.15) is 0 Å². The summed E-state index contributed by atoms with van der Waals surface area (Å²) in [6.45, 7) is 1.04. The third-order valence-electron chi connectivity index (χ3n) is 4.40. The van der Waals surface area contributed by atoms with Crippen LogP contribution in [-0.2, 0) is 21.2 Å². The van der Waals surface area contributed by atoms with E-state index in [0.717, 1.165) is 17.5 Å². The maximum Gasteiger partial charge on any atom is 0.244 e. The first-order valence-corrected chi connectivity index (χ1v) is 9.42. The number of para-hydroxylation sites is 1. The number of fused-ring (bicyclic) bond motifs is 1. The van der Waals surface area contributed by atoms with Gasteiger partial charge in [0.05, 0.1) is 18.8 Å². The Morgan fingerprint density at radius 3 is 2.79 bits per heavy atom. The Hall–Kier alpha value is -1.96. The number of nitrogens with zero attached hydrogens (tertiary/aromatic N) is 1. The van der Waals surface area contributed by atoms with Gasteiger partial charge in [0.2, 0.25) is 10.0 Å². The lowest BCUT2D eigenvalue weighted by Gasteiger charge is -2.20. The van der Waals surface area contributed by atoms with E-state index in [1.165, 1.54) is 0 Å². The van der Waals surface area contributed by atoms with Crippen molar-refractivity contribution in [2.24, 2.45) is 0 Å². The maximum atomic E-state index is 12.9. The van der Waals surface area contributed by atoms with Crippen molar-refractivity contribution in [2.45, 2.75) is 29.9 Å². The highest BCUT2D eigenvalue weighted by atomic mass is 32.2. The average molecular weight is 346 g/mol. The van der Waals surface area contributed by atoms with Gasteiger partial charge in [-0.15, -0.1) is 0 Å². The fourth-order valence-electron chi connectivity index (χ4n) is 3.25. The second kappa shape index (κ2) is 6.16. The molecule has 0 bridgehead atoms. The number of sulfonamides is 1. The van der Waals surface area contributed by atoms with Crippen LogP contribution in [0.25, 0.3) is 0 Å². The minimum Gasteiger partial charge on any atom is -0.492 e. The highest BCUT2D eigenvalue weighted by Gasteiger charge is 2.35. The first kappa shape index (κ1) is 15.6. The molecule has 2 aliphatic heterocycles. The maximum absolute atomic E-state index is 12.9. The number of benzene rings is 1. The molecular weight excluding hydrogens is 328 g/mol. The zero-order valence-corrected chi connectivity index (χ0v) is 13.8. The lowest BCUT2D eigenvalue weighted by molar-refractivity contribution is 0.102. The van der Waals surface area contributed by atoms with Gasteiger partial charge in [0, 0.05) is 25.4 Å². The highest BCUT2D eigenvalue weighted by molar-refractivity contribution is 7.89. The molecule has 0 aliphatic carbocycles. The van der Waals surface area contributed by atoms with Gasteiger partial charge in [0.1, 0.15) is 10.6 Å². The van der Waals surface area contributed by atoms with Gasteiger partial charge in [-0.25, -0.2) is 13.1 Å². The van der Waals surface area contributed by atoms with Gasteiger partial charge < -0.3 is 9.47 Å². The standard InChI is InChI=1S/C17H18N2O4S/c20-24(21,15-3-1-2-12-6-10-23-17(12)15)19-14-7-11-22-16(14)13-4-8-18-9-5-13/h1-5,8-9,14,16,19H,6-7,10-11H2/t14-,16+/m0/s1. The van der Waals surface area contributed by atoms with Crippen molar-refractivity contribution in [3.8, 4) is 5.75 Å². The van der Waals surface area contributed by atoms with Crippen LogP contribution in [0.1, 0.15) is 23.7 Å². The molecule has 3 heterocycles. The Morgan fingerprint density at radius 1 is 1.12 bits per heavy atom. The minimum absolute atomic E-state index is 0.206. The van der Waals surface area contributed by atoms with Gasteiger partial charge in [-0.1, -0.05) is 12.1 Å². The quantitative estimate of drug-likeness (QED) is 0.914. The first-order valence-electron chi connectivity index (χ1n) is 7.94. The van der Waals surface area contributed by atoms with Crippen LogP contribution in [0.2, 0.25) is 0 Å². The average Bonchev–Trinajstić information content (AvgIpc) is 3.23. The molecule has 4 rings (SSSR count). The van der Waals surface area contributed by atoms with Crippen molar-refractivity contribution >= 4 is 10.0 Å². The smallest absolute Gasteiger partial charge is 0.244 e. The number of hydrogen-bond donors (Lipinski definition) is 1. The summed E-state index contributed by atoms with van der Waals surface area (Å²) in [5, 5.41) is 0. The summed E-state index contributed by atoms with van der Waals surface area (Å²) in [6, 6.07) is 8.63. The van der Waals surface area contributed by atoms with Gasteiger partial charge in [0.25, 0.3) is 0 Å². The fraction of sp³-hybridized carbons (Fsp3) is 0.353. The molecule has 1 fully saturated rings. The molecule has 24 heavy (non-hydrogen) atoms. The summed E-state index contributed by atoms with van der Waals surface area (Å²) in [6.07, 6.45) is 4.42. The van der Waals surface area contributed by atoms with Gasteiger partial charge in [-0.3, -0.25) is 4.98 Å². The van der Waals surface area contributed by atoms with Crippen LogP contribution in [-0.4, -0.2) is 32.7 Å². The van der Waals surface area contributed by atoms with Crippen molar-refractivity contribution in [3.63, 3.8) is 0 Å². The molecule has 126 valence electrons. The zero-order chi connectivity index (χ0) is 16.6. The minimum atomic E-state index is -3.68. The Labute approximate surface area is 140 Å². The Bertz CT molecular complexity index is 839. The SMILES string of the molecule is O=S(=O)(N[C@H]1CCO[C@@H]1c1ccncc1)c1cccc2c1OCC2. The molecule has 2 aromatic rings. The van der Waals surface area contributed by atoms with Crippen LogP contribution in [0.5, 0.6) is 5.75 Å². The largest absolute Gasteiger partial charge is 0.492 e. The molecule has 0 saturated carbocycles. The first-order chi connectivity index (χ1) is 11.6. The van der Waals surface area contributed by atoms with Crippen molar-refractivity contribution < 1.29 is 17.9 Å². The molecule has 0 unspecified atom stereocenters. The van der Waals surface area contributed by atoms with E-state index in [0.29, 0.717) is 25.4 Å². The predicted molar refractivity (Wildman–Crippen MR) is 87.3 cm³/mol. The Kier molecular flexibility index (Phi) is 3.99. The van der Waals surface area contributed by atoms with E-state index in [-0.39, 0.29) is 17.0 Å². The molecule has 1 aromatic carbocycles. The van der Waals surface area contributed by atoms with Crippen molar-refractivity contribution in [2.75, 3.05) is 13.2 Å². The summed E-state index contributed by atoms with van der Waals surface area (Å²) in [7, 11) is -3.68. The van der Waals surface area contributed by atoms with E-state index in [2.05, 4.69) is 9.71 Å². The van der Waals surface area contributed by atoms with Gasteiger partial charge in [-0.05, 0) is 35.7 Å². The predicted octanol–water partition coefficient (Wildman–Crippen LogP) is 1.82. The molecule has 1 N–H and O–H groups in total. The molecule has 1 saturated heterocycles. The van der Waals surface area contributed by atoms with E-state index in [9.17, 15) is 8.42 Å². The van der Waals surface area contributed by atoms with Crippen LogP contribution in [0.3, 0.4) is 0 Å². The summed E-state index contributed by atoms with van der Waals surface area (Å²) in [5.41, 5.74) is 1.86. The van der Waals surface area contributed by atoms with E-state index < -0.39 is 10.0 Å². The Balaban J connectivity index is 1.61. The monoisotopic (exact) mass is 346 g/mol. The Morgan fingerprint density at radius 2 is 1.96 bits per heavy atom. The van der Waals surface area contributed by atoms with Gasteiger partial charge in [0.15, 0.2) is 0 Å². The second-order valence-corrected chi connectivity index (χ2v) is 7.61. The van der Waals surface area contributed by atoms with Crippen LogP contribution in [0.15, 0.2) is 47.6 Å². The molecule has 0 radical (unpaired) electrons. The number of pyridine rings is 1. The zero-order valence-electron chi connectivity index (χ0n) is 13.0. The third kappa shape index (κ3) is 2.79. The summed E-state index contributed by atoms with van der Waals surface area (Å²) in [5.74, 6) is 0.476. The lowest BCUT2D eigenvalue weighted by atomic mass is 10.0. The highest BCUT2D eigenvalue weighted by Crippen LogP contribution is 2.34. The number of ether oxygens (including phenoxy) is 2. The van der Waals surface area contributed by atoms with Gasteiger partial charge >= 0.3 is 0 Å². The third-order valence-corrected chi connectivity index (χ3v) is 5.91. The normalized spacial score (nSPS) is 23.0. The fourth-order valence-corrected chi connectivity index (χ4v) is 4.71. The van der Waals surface area contributed by atoms with Crippen LogP contribution in [0, 0.1) is 0 Å². The summed E-state index contributed by atoms with van der Waals surface area (Å²) < 4.78 is 39.8. The van der Waals surface area contributed by atoms with Crippen molar-refractivity contribution in [1.82, 2.24) is 9.71 Å². The second-order valence-electron chi connectivity index (χ2n) is 5.93. The van der Waals surface area contributed by atoms with Crippen molar-refractivity contribution in [3.05, 3.63) is 53.9 Å². The number of aromatic nitrogens is 1. The summed E-state index contributed by atoms with van der Waals surface area (Å²) in [4.78, 5) is 4.20. The van der Waals surface area contributed by atoms with Crippen LogP contribution < -0.4 is 9.46 Å². The molecule has 1 aromatic heterocycles. The molecule has 0 amide bonds. The summed E-state index contributed by atoms with van der Waals surface area (Å²) >= 11 is 0.